The van der Waals surface area contributed by atoms with Crippen LogP contribution in [-0.4, -0.2) is 37.1 Å². The molecule has 1 aliphatic heterocycles. The lowest BCUT2D eigenvalue weighted by Crippen LogP contribution is -2.49. The topological polar surface area (TPSA) is 15.3 Å². The van der Waals surface area contributed by atoms with Crippen LogP contribution in [0.4, 0.5) is 0 Å². The summed E-state index contributed by atoms with van der Waals surface area (Å²) in [5.74, 6) is 0.774. The van der Waals surface area contributed by atoms with E-state index in [1.165, 1.54) is 25.9 Å². The van der Waals surface area contributed by atoms with Crippen LogP contribution in [0.3, 0.4) is 0 Å². The van der Waals surface area contributed by atoms with Gasteiger partial charge in [0.25, 0.3) is 0 Å². The molecule has 0 aromatic rings. The molecular formula is C11H24N2. The standard InChI is InChI=1S/C11H24N2/c1-9(2)10(3)13-7-5-6-11(8-13)12-4/h9-12H,5-8H2,1-4H3. The minimum atomic E-state index is 0.718. The van der Waals surface area contributed by atoms with Crippen molar-refractivity contribution in [3.8, 4) is 0 Å². The van der Waals surface area contributed by atoms with Gasteiger partial charge in [-0.15, -0.1) is 0 Å². The fourth-order valence-corrected chi connectivity index (χ4v) is 2.03. The maximum absolute atomic E-state index is 3.39. The highest BCUT2D eigenvalue weighted by Gasteiger charge is 2.23. The van der Waals surface area contributed by atoms with Crippen molar-refractivity contribution in [3.05, 3.63) is 0 Å². The number of nitrogens with one attached hydrogen (secondary N) is 1. The van der Waals surface area contributed by atoms with Crippen molar-refractivity contribution in [1.82, 2.24) is 10.2 Å². The lowest BCUT2D eigenvalue weighted by atomic mass is 9.99. The Morgan fingerprint density at radius 1 is 1.31 bits per heavy atom. The van der Waals surface area contributed by atoms with Crippen LogP contribution >= 0.6 is 0 Å². The highest BCUT2D eigenvalue weighted by atomic mass is 15.2. The number of rotatable bonds is 3. The van der Waals surface area contributed by atoms with Gasteiger partial charge < -0.3 is 5.32 Å². The van der Waals surface area contributed by atoms with E-state index in [0.717, 1.165) is 18.0 Å². The average Bonchev–Trinajstić information content (AvgIpc) is 2.16. The van der Waals surface area contributed by atoms with Crippen LogP contribution in [0.25, 0.3) is 0 Å². The number of hydrogen-bond acceptors (Lipinski definition) is 2. The summed E-state index contributed by atoms with van der Waals surface area (Å²) in [5, 5.41) is 3.39. The van der Waals surface area contributed by atoms with Gasteiger partial charge in [0.05, 0.1) is 0 Å². The van der Waals surface area contributed by atoms with Crippen LogP contribution in [-0.2, 0) is 0 Å². The van der Waals surface area contributed by atoms with E-state index < -0.39 is 0 Å². The van der Waals surface area contributed by atoms with Gasteiger partial charge in [0, 0.05) is 18.6 Å². The number of piperidine rings is 1. The summed E-state index contributed by atoms with van der Waals surface area (Å²) in [6.07, 6.45) is 2.69. The quantitative estimate of drug-likeness (QED) is 0.718. The number of nitrogens with zero attached hydrogens (tertiary/aromatic N) is 1. The lowest BCUT2D eigenvalue weighted by molar-refractivity contribution is 0.121. The first-order valence-electron chi connectivity index (χ1n) is 5.56. The van der Waals surface area contributed by atoms with Crippen molar-refractivity contribution >= 4 is 0 Å². The van der Waals surface area contributed by atoms with Crippen LogP contribution < -0.4 is 5.32 Å². The van der Waals surface area contributed by atoms with Gasteiger partial charge in [-0.3, -0.25) is 4.90 Å². The van der Waals surface area contributed by atoms with E-state index in [-0.39, 0.29) is 0 Å². The zero-order valence-electron chi connectivity index (χ0n) is 9.51. The highest BCUT2D eigenvalue weighted by molar-refractivity contribution is 4.81. The minimum Gasteiger partial charge on any atom is -0.316 e. The van der Waals surface area contributed by atoms with Crippen molar-refractivity contribution < 1.29 is 0 Å². The lowest BCUT2D eigenvalue weighted by Gasteiger charge is -2.38. The van der Waals surface area contributed by atoms with E-state index in [2.05, 4.69) is 38.0 Å². The third kappa shape index (κ3) is 2.96. The van der Waals surface area contributed by atoms with Crippen molar-refractivity contribution in [3.63, 3.8) is 0 Å². The maximum atomic E-state index is 3.39. The highest BCUT2D eigenvalue weighted by Crippen LogP contribution is 2.17. The first-order chi connectivity index (χ1) is 6.15. The Kier molecular flexibility index (Phi) is 4.20. The van der Waals surface area contributed by atoms with Crippen molar-refractivity contribution in [1.29, 1.82) is 0 Å². The van der Waals surface area contributed by atoms with Crippen LogP contribution in [0, 0.1) is 5.92 Å². The van der Waals surface area contributed by atoms with E-state index in [4.69, 9.17) is 0 Å². The molecule has 1 aliphatic rings. The van der Waals surface area contributed by atoms with Crippen molar-refractivity contribution in [2.45, 2.75) is 45.7 Å². The second-order valence-corrected chi connectivity index (χ2v) is 4.61. The Bertz CT molecular complexity index is 145. The molecule has 1 rings (SSSR count). The van der Waals surface area contributed by atoms with Crippen LogP contribution in [0.2, 0.25) is 0 Å². The van der Waals surface area contributed by atoms with E-state index in [1.807, 2.05) is 0 Å². The number of likely N-dealkylation sites (N-methyl/N-ethyl adjacent to an activating group) is 1. The predicted octanol–water partition coefficient (Wildman–Crippen LogP) is 1.71. The Hall–Kier alpha value is -0.0800. The monoisotopic (exact) mass is 184 g/mol. The van der Waals surface area contributed by atoms with Gasteiger partial charge in [0.1, 0.15) is 0 Å². The first kappa shape index (κ1) is 11.0. The summed E-state index contributed by atoms with van der Waals surface area (Å²) >= 11 is 0. The summed E-state index contributed by atoms with van der Waals surface area (Å²) in [6, 6.07) is 1.45. The molecule has 78 valence electrons. The maximum Gasteiger partial charge on any atom is 0.0192 e. The fraction of sp³-hybridized carbons (Fsp3) is 1.00. The SMILES string of the molecule is CNC1CCCN(C(C)C(C)C)C1. The molecule has 0 amide bonds. The Labute approximate surface area is 82.7 Å². The van der Waals surface area contributed by atoms with Gasteiger partial charge in [0.15, 0.2) is 0 Å². The smallest absolute Gasteiger partial charge is 0.0192 e. The molecule has 0 aliphatic carbocycles. The van der Waals surface area contributed by atoms with Crippen molar-refractivity contribution in [2.24, 2.45) is 5.92 Å². The Balaban J connectivity index is 2.41. The molecule has 2 heteroatoms. The van der Waals surface area contributed by atoms with Crippen LogP contribution in [0.15, 0.2) is 0 Å². The predicted molar refractivity (Wildman–Crippen MR) is 58.0 cm³/mol. The Morgan fingerprint density at radius 2 is 2.00 bits per heavy atom. The second kappa shape index (κ2) is 4.97. The zero-order valence-corrected chi connectivity index (χ0v) is 9.51. The molecule has 0 radical (unpaired) electrons. The zero-order chi connectivity index (χ0) is 9.84. The summed E-state index contributed by atoms with van der Waals surface area (Å²) in [7, 11) is 2.08. The molecule has 1 N–H and O–H groups in total. The number of likely N-dealkylation sites (tertiary alicyclic amines) is 1. The molecule has 0 bridgehead atoms. The van der Waals surface area contributed by atoms with Gasteiger partial charge in [-0.1, -0.05) is 13.8 Å². The molecule has 13 heavy (non-hydrogen) atoms. The number of hydrogen-bond donors (Lipinski definition) is 1. The van der Waals surface area contributed by atoms with Gasteiger partial charge in [-0.2, -0.15) is 0 Å². The molecule has 1 heterocycles. The summed E-state index contributed by atoms with van der Waals surface area (Å²) in [5.41, 5.74) is 0. The van der Waals surface area contributed by atoms with E-state index >= 15 is 0 Å². The fourth-order valence-electron chi connectivity index (χ4n) is 2.03. The third-order valence-electron chi connectivity index (χ3n) is 3.40. The molecular weight excluding hydrogens is 160 g/mol. The molecule has 0 spiro atoms. The molecule has 0 aromatic carbocycles. The third-order valence-corrected chi connectivity index (χ3v) is 3.40. The Morgan fingerprint density at radius 3 is 2.54 bits per heavy atom. The average molecular weight is 184 g/mol. The molecule has 0 aromatic heterocycles. The summed E-state index contributed by atoms with van der Waals surface area (Å²) < 4.78 is 0. The largest absolute Gasteiger partial charge is 0.316 e. The second-order valence-electron chi connectivity index (χ2n) is 4.61. The molecule has 2 atom stereocenters. The molecule has 0 saturated carbocycles. The van der Waals surface area contributed by atoms with Crippen molar-refractivity contribution in [2.75, 3.05) is 20.1 Å². The van der Waals surface area contributed by atoms with Gasteiger partial charge in [0.2, 0.25) is 0 Å². The molecule has 1 saturated heterocycles. The van der Waals surface area contributed by atoms with E-state index in [0.29, 0.717) is 0 Å². The van der Waals surface area contributed by atoms with Crippen LogP contribution in [0.5, 0.6) is 0 Å². The molecule has 2 unspecified atom stereocenters. The van der Waals surface area contributed by atoms with Gasteiger partial charge in [-0.05, 0) is 39.3 Å². The normalized spacial score (nSPS) is 27.9. The minimum absolute atomic E-state index is 0.718. The summed E-state index contributed by atoms with van der Waals surface area (Å²) in [6.45, 7) is 9.50. The molecule has 1 fully saturated rings. The first-order valence-corrected chi connectivity index (χ1v) is 5.56. The van der Waals surface area contributed by atoms with Gasteiger partial charge >= 0.3 is 0 Å². The van der Waals surface area contributed by atoms with E-state index in [1.54, 1.807) is 0 Å². The van der Waals surface area contributed by atoms with Crippen LogP contribution in [0.1, 0.15) is 33.6 Å². The van der Waals surface area contributed by atoms with E-state index in [9.17, 15) is 0 Å². The summed E-state index contributed by atoms with van der Waals surface area (Å²) in [4.78, 5) is 2.62. The molecule has 2 nitrogen and oxygen atoms in total. The van der Waals surface area contributed by atoms with Gasteiger partial charge in [-0.25, -0.2) is 0 Å².